The third kappa shape index (κ3) is 3.59. The van der Waals surface area contributed by atoms with Crippen molar-refractivity contribution in [3.63, 3.8) is 0 Å². The highest BCUT2D eigenvalue weighted by atomic mass is 16.5. The van der Waals surface area contributed by atoms with E-state index in [2.05, 4.69) is 10.6 Å². The lowest BCUT2D eigenvalue weighted by Crippen LogP contribution is -2.44. The molecule has 1 aromatic carbocycles. The Balaban J connectivity index is 1.87. The maximum atomic E-state index is 11.7. The van der Waals surface area contributed by atoms with Crippen LogP contribution in [-0.4, -0.2) is 43.6 Å². The number of hydrogen-bond acceptors (Lipinski definition) is 4. The monoisotopic (exact) mass is 266 g/mol. The highest BCUT2D eigenvalue weighted by Crippen LogP contribution is 2.23. The summed E-state index contributed by atoms with van der Waals surface area (Å²) in [6.07, 6.45) is 0.530. The second-order valence-electron chi connectivity index (χ2n) is 4.53. The maximum Gasteiger partial charge on any atom is 0.319 e. The van der Waals surface area contributed by atoms with Crippen molar-refractivity contribution in [2.75, 3.05) is 32.2 Å². The van der Waals surface area contributed by atoms with E-state index in [0.29, 0.717) is 24.5 Å². The van der Waals surface area contributed by atoms with Crippen molar-refractivity contribution in [2.24, 2.45) is 0 Å². The van der Waals surface area contributed by atoms with Gasteiger partial charge in [0.1, 0.15) is 11.4 Å². The van der Waals surface area contributed by atoms with Gasteiger partial charge in [0, 0.05) is 13.0 Å². The molecule has 1 saturated heterocycles. The minimum atomic E-state index is -0.960. The number of urea groups is 1. The SMILES string of the molecule is COc1ccccc1NC(=O)NCC1(O)CCOC1. The van der Waals surface area contributed by atoms with Crippen LogP contribution >= 0.6 is 0 Å². The van der Waals surface area contributed by atoms with E-state index in [9.17, 15) is 9.90 Å². The highest BCUT2D eigenvalue weighted by Gasteiger charge is 2.32. The Morgan fingerprint density at radius 2 is 2.32 bits per heavy atom. The fourth-order valence-corrected chi connectivity index (χ4v) is 1.90. The van der Waals surface area contributed by atoms with Gasteiger partial charge in [0.2, 0.25) is 0 Å². The molecule has 0 aromatic heterocycles. The Morgan fingerprint density at radius 1 is 1.53 bits per heavy atom. The summed E-state index contributed by atoms with van der Waals surface area (Å²) in [6.45, 7) is 0.933. The number of benzene rings is 1. The largest absolute Gasteiger partial charge is 0.495 e. The van der Waals surface area contributed by atoms with Crippen molar-refractivity contribution in [1.82, 2.24) is 5.32 Å². The molecule has 1 heterocycles. The average molecular weight is 266 g/mol. The predicted octanol–water partition coefficient (Wildman–Crippen LogP) is 0.968. The average Bonchev–Trinajstić information content (AvgIpc) is 2.85. The molecule has 0 spiro atoms. The van der Waals surface area contributed by atoms with E-state index in [1.165, 1.54) is 7.11 Å². The molecule has 1 aromatic rings. The van der Waals surface area contributed by atoms with Gasteiger partial charge < -0.3 is 25.2 Å². The van der Waals surface area contributed by atoms with Crippen LogP contribution in [-0.2, 0) is 4.74 Å². The lowest BCUT2D eigenvalue weighted by atomic mass is 10.0. The summed E-state index contributed by atoms with van der Waals surface area (Å²) in [7, 11) is 1.54. The normalized spacial score (nSPS) is 22.0. The molecule has 1 aliphatic heterocycles. The van der Waals surface area contributed by atoms with Crippen LogP contribution in [0.5, 0.6) is 5.75 Å². The minimum absolute atomic E-state index is 0.161. The number of amides is 2. The van der Waals surface area contributed by atoms with Gasteiger partial charge in [-0.3, -0.25) is 0 Å². The first-order valence-corrected chi connectivity index (χ1v) is 6.11. The number of ether oxygens (including phenoxy) is 2. The van der Waals surface area contributed by atoms with Crippen molar-refractivity contribution in [3.8, 4) is 5.75 Å². The van der Waals surface area contributed by atoms with Crippen LogP contribution in [0.15, 0.2) is 24.3 Å². The van der Waals surface area contributed by atoms with E-state index in [-0.39, 0.29) is 19.2 Å². The molecule has 0 saturated carbocycles. The Kier molecular flexibility index (Phi) is 4.24. The summed E-state index contributed by atoms with van der Waals surface area (Å²) >= 11 is 0. The van der Waals surface area contributed by atoms with Gasteiger partial charge in [-0.25, -0.2) is 4.79 Å². The van der Waals surface area contributed by atoms with Crippen LogP contribution in [0.4, 0.5) is 10.5 Å². The predicted molar refractivity (Wildman–Crippen MR) is 70.4 cm³/mol. The molecule has 6 heteroatoms. The van der Waals surface area contributed by atoms with Crippen LogP contribution in [0.2, 0.25) is 0 Å². The highest BCUT2D eigenvalue weighted by molar-refractivity contribution is 5.90. The molecule has 1 unspecified atom stereocenters. The molecule has 19 heavy (non-hydrogen) atoms. The molecular formula is C13H18N2O4. The van der Waals surface area contributed by atoms with Crippen molar-refractivity contribution >= 4 is 11.7 Å². The fourth-order valence-electron chi connectivity index (χ4n) is 1.90. The summed E-state index contributed by atoms with van der Waals surface area (Å²) < 4.78 is 10.2. The molecule has 1 atom stereocenters. The molecule has 0 bridgehead atoms. The third-order valence-electron chi connectivity index (χ3n) is 3.02. The van der Waals surface area contributed by atoms with Crippen LogP contribution in [0.1, 0.15) is 6.42 Å². The van der Waals surface area contributed by atoms with E-state index >= 15 is 0 Å². The number of aliphatic hydroxyl groups is 1. The van der Waals surface area contributed by atoms with Crippen molar-refractivity contribution in [1.29, 1.82) is 0 Å². The van der Waals surface area contributed by atoms with Crippen molar-refractivity contribution in [2.45, 2.75) is 12.0 Å². The number of carbonyl (C=O) groups is 1. The number of anilines is 1. The first kappa shape index (κ1) is 13.6. The first-order chi connectivity index (χ1) is 9.13. The molecular weight excluding hydrogens is 248 g/mol. The van der Waals surface area contributed by atoms with Crippen molar-refractivity contribution in [3.05, 3.63) is 24.3 Å². The third-order valence-corrected chi connectivity index (χ3v) is 3.02. The van der Waals surface area contributed by atoms with Crippen LogP contribution in [0.25, 0.3) is 0 Å². The Bertz CT molecular complexity index is 444. The summed E-state index contributed by atoms with van der Waals surface area (Å²) in [5.74, 6) is 0.584. The summed E-state index contributed by atoms with van der Waals surface area (Å²) in [5.41, 5.74) is -0.379. The number of hydrogen-bond donors (Lipinski definition) is 3. The zero-order valence-electron chi connectivity index (χ0n) is 10.8. The number of rotatable bonds is 4. The number of methoxy groups -OCH3 is 1. The van der Waals surface area contributed by atoms with Crippen LogP contribution in [0.3, 0.4) is 0 Å². The maximum absolute atomic E-state index is 11.7. The van der Waals surface area contributed by atoms with E-state index < -0.39 is 5.60 Å². The fraction of sp³-hybridized carbons (Fsp3) is 0.462. The van der Waals surface area contributed by atoms with Gasteiger partial charge >= 0.3 is 6.03 Å². The van der Waals surface area contributed by atoms with Gasteiger partial charge in [-0.1, -0.05) is 12.1 Å². The second-order valence-corrected chi connectivity index (χ2v) is 4.53. The first-order valence-electron chi connectivity index (χ1n) is 6.11. The molecule has 6 nitrogen and oxygen atoms in total. The minimum Gasteiger partial charge on any atom is -0.495 e. The van der Waals surface area contributed by atoms with E-state index in [1.54, 1.807) is 18.2 Å². The number of carbonyl (C=O) groups excluding carboxylic acids is 1. The van der Waals surface area contributed by atoms with Gasteiger partial charge in [-0.2, -0.15) is 0 Å². The Labute approximate surface area is 111 Å². The van der Waals surface area contributed by atoms with Gasteiger partial charge in [0.05, 0.1) is 25.9 Å². The Morgan fingerprint density at radius 3 is 3.00 bits per heavy atom. The Hall–Kier alpha value is -1.79. The van der Waals surface area contributed by atoms with E-state index in [0.717, 1.165) is 0 Å². The second kappa shape index (κ2) is 5.90. The number of nitrogens with one attached hydrogen (secondary N) is 2. The molecule has 1 fully saturated rings. The summed E-state index contributed by atoms with van der Waals surface area (Å²) in [5, 5.41) is 15.3. The molecule has 2 amide bonds. The standard InChI is InChI=1S/C13H18N2O4/c1-18-11-5-3-2-4-10(11)15-12(16)14-8-13(17)6-7-19-9-13/h2-5,17H,6-9H2,1H3,(H2,14,15,16). The molecule has 0 aliphatic carbocycles. The lowest BCUT2D eigenvalue weighted by molar-refractivity contribution is 0.0295. The molecule has 0 radical (unpaired) electrons. The van der Waals surface area contributed by atoms with Gasteiger partial charge in [-0.05, 0) is 12.1 Å². The van der Waals surface area contributed by atoms with Crippen LogP contribution < -0.4 is 15.4 Å². The lowest BCUT2D eigenvalue weighted by Gasteiger charge is -2.21. The van der Waals surface area contributed by atoms with Crippen molar-refractivity contribution < 1.29 is 19.4 Å². The molecule has 1 aliphatic rings. The summed E-state index contributed by atoms with van der Waals surface area (Å²) in [4.78, 5) is 11.7. The van der Waals surface area contributed by atoms with Gasteiger partial charge in [0.25, 0.3) is 0 Å². The molecule has 2 rings (SSSR count). The quantitative estimate of drug-likeness (QED) is 0.758. The van der Waals surface area contributed by atoms with Crippen LogP contribution in [0, 0.1) is 0 Å². The zero-order valence-corrected chi connectivity index (χ0v) is 10.8. The van der Waals surface area contributed by atoms with Gasteiger partial charge in [0.15, 0.2) is 0 Å². The topological polar surface area (TPSA) is 79.8 Å². The molecule has 104 valence electrons. The molecule has 3 N–H and O–H groups in total. The summed E-state index contributed by atoms with van der Waals surface area (Å²) in [6, 6.07) is 6.74. The smallest absolute Gasteiger partial charge is 0.319 e. The van der Waals surface area contributed by atoms with E-state index in [1.807, 2.05) is 6.07 Å². The van der Waals surface area contributed by atoms with E-state index in [4.69, 9.17) is 9.47 Å². The zero-order chi connectivity index (χ0) is 13.7. The number of para-hydroxylation sites is 2. The van der Waals surface area contributed by atoms with Gasteiger partial charge in [-0.15, -0.1) is 0 Å².